The van der Waals surface area contributed by atoms with Crippen molar-refractivity contribution < 1.29 is 0 Å². The molecule has 0 aromatic heterocycles. The van der Waals surface area contributed by atoms with E-state index in [-0.39, 0.29) is 0 Å². The summed E-state index contributed by atoms with van der Waals surface area (Å²) in [7, 11) is 0. The van der Waals surface area contributed by atoms with Crippen LogP contribution in [-0.4, -0.2) is 23.5 Å². The summed E-state index contributed by atoms with van der Waals surface area (Å²) in [6.07, 6.45) is 9.30. The Hall–Kier alpha value is -0.550. The van der Waals surface area contributed by atoms with Crippen molar-refractivity contribution in [3.8, 4) is 6.07 Å². The highest BCUT2D eigenvalue weighted by atomic mass is 15.2. The van der Waals surface area contributed by atoms with Crippen molar-refractivity contribution in [2.75, 3.05) is 6.54 Å². The molecule has 3 aliphatic rings. The quantitative estimate of drug-likeness (QED) is 0.744. The Balaban J connectivity index is 1.70. The second-order valence-corrected chi connectivity index (χ2v) is 6.59. The van der Waals surface area contributed by atoms with E-state index in [4.69, 9.17) is 0 Å². The van der Waals surface area contributed by atoms with Crippen LogP contribution in [0.25, 0.3) is 0 Å². The predicted molar refractivity (Wildman–Crippen MR) is 68.4 cm³/mol. The van der Waals surface area contributed by atoms with E-state index in [1.807, 2.05) is 0 Å². The molecule has 0 aromatic rings. The molecule has 0 aromatic carbocycles. The van der Waals surface area contributed by atoms with Crippen molar-refractivity contribution in [1.82, 2.24) is 4.90 Å². The van der Waals surface area contributed by atoms with Crippen molar-refractivity contribution in [1.29, 1.82) is 5.26 Å². The molecule has 0 amide bonds. The lowest BCUT2D eigenvalue weighted by atomic mass is 9.78. The van der Waals surface area contributed by atoms with E-state index in [0.29, 0.717) is 12.0 Å². The van der Waals surface area contributed by atoms with Crippen LogP contribution in [0.4, 0.5) is 0 Å². The molecule has 2 heteroatoms. The summed E-state index contributed by atoms with van der Waals surface area (Å²) in [4.78, 5) is 2.74. The molecular weight excluding hydrogens is 208 g/mol. The summed E-state index contributed by atoms with van der Waals surface area (Å²) in [5.74, 6) is 2.10. The Labute approximate surface area is 105 Å². The monoisotopic (exact) mass is 232 g/mol. The molecule has 0 spiro atoms. The van der Waals surface area contributed by atoms with Gasteiger partial charge in [0.1, 0.15) is 0 Å². The number of rotatable bonds is 4. The van der Waals surface area contributed by atoms with Gasteiger partial charge >= 0.3 is 0 Å². The molecule has 0 heterocycles. The van der Waals surface area contributed by atoms with E-state index in [1.165, 1.54) is 45.1 Å². The average molecular weight is 232 g/mol. The van der Waals surface area contributed by atoms with Gasteiger partial charge in [-0.25, -0.2) is 0 Å². The highest BCUT2D eigenvalue weighted by Crippen LogP contribution is 2.41. The van der Waals surface area contributed by atoms with Crippen LogP contribution in [0.3, 0.4) is 0 Å². The maximum Gasteiger partial charge on any atom is 0.0672 e. The first kappa shape index (κ1) is 11.5. The zero-order valence-corrected chi connectivity index (χ0v) is 10.9. The molecule has 2 nitrogen and oxygen atoms in total. The van der Waals surface area contributed by atoms with Crippen LogP contribution in [0.5, 0.6) is 0 Å². The third-order valence-electron chi connectivity index (χ3n) is 4.85. The van der Waals surface area contributed by atoms with Gasteiger partial charge in [0.05, 0.1) is 12.0 Å². The molecule has 0 saturated heterocycles. The van der Waals surface area contributed by atoms with Crippen LogP contribution >= 0.6 is 0 Å². The molecule has 3 unspecified atom stereocenters. The van der Waals surface area contributed by atoms with Crippen molar-refractivity contribution in [3.05, 3.63) is 0 Å². The molecule has 0 aliphatic heterocycles. The molecule has 94 valence electrons. The normalized spacial score (nSPS) is 38.1. The van der Waals surface area contributed by atoms with Gasteiger partial charge in [-0.2, -0.15) is 5.26 Å². The van der Waals surface area contributed by atoms with E-state index in [0.717, 1.165) is 24.3 Å². The van der Waals surface area contributed by atoms with Gasteiger partial charge < -0.3 is 0 Å². The van der Waals surface area contributed by atoms with E-state index >= 15 is 0 Å². The van der Waals surface area contributed by atoms with Crippen LogP contribution in [0, 0.1) is 29.1 Å². The largest absolute Gasteiger partial charge is 0.296 e. The molecule has 3 rings (SSSR count). The molecule has 3 aliphatic carbocycles. The molecule has 3 saturated carbocycles. The van der Waals surface area contributed by atoms with Crippen LogP contribution in [-0.2, 0) is 0 Å². The van der Waals surface area contributed by atoms with E-state index in [2.05, 4.69) is 17.9 Å². The second-order valence-electron chi connectivity index (χ2n) is 6.59. The third kappa shape index (κ3) is 2.65. The van der Waals surface area contributed by atoms with E-state index in [1.54, 1.807) is 0 Å². The molecular formula is C15H24N2. The van der Waals surface area contributed by atoms with Crippen LogP contribution < -0.4 is 0 Å². The first-order valence-corrected chi connectivity index (χ1v) is 7.43. The highest BCUT2D eigenvalue weighted by Gasteiger charge is 2.42. The molecule has 17 heavy (non-hydrogen) atoms. The van der Waals surface area contributed by atoms with Crippen molar-refractivity contribution in [3.63, 3.8) is 0 Å². The number of hydrogen-bond acceptors (Lipinski definition) is 2. The fourth-order valence-electron chi connectivity index (χ4n) is 3.43. The Kier molecular flexibility index (Phi) is 3.13. The minimum absolute atomic E-state index is 0.311. The first-order chi connectivity index (χ1) is 8.28. The number of hydrogen-bond donors (Lipinski definition) is 0. The predicted octanol–water partition coefficient (Wildman–Crippen LogP) is 3.19. The Bertz CT molecular complexity index is 311. The third-order valence-corrected chi connectivity index (χ3v) is 4.85. The molecule has 0 N–H and O–H groups in total. The molecule has 3 atom stereocenters. The Morgan fingerprint density at radius 1 is 1.12 bits per heavy atom. The summed E-state index contributed by atoms with van der Waals surface area (Å²) in [5.41, 5.74) is 0. The van der Waals surface area contributed by atoms with Gasteiger partial charge in [0.2, 0.25) is 0 Å². The Morgan fingerprint density at radius 3 is 2.47 bits per heavy atom. The summed E-state index contributed by atoms with van der Waals surface area (Å²) in [6, 6.07) is 4.01. The van der Waals surface area contributed by atoms with Gasteiger partial charge in [-0.1, -0.05) is 6.92 Å². The lowest BCUT2D eigenvalue weighted by Gasteiger charge is -2.40. The van der Waals surface area contributed by atoms with Crippen LogP contribution in [0.15, 0.2) is 0 Å². The summed E-state index contributed by atoms with van der Waals surface area (Å²) >= 11 is 0. The zero-order chi connectivity index (χ0) is 11.8. The molecule has 0 bridgehead atoms. The number of nitrogens with zero attached hydrogens (tertiary/aromatic N) is 2. The first-order valence-electron chi connectivity index (χ1n) is 7.43. The fourth-order valence-corrected chi connectivity index (χ4v) is 3.43. The average Bonchev–Trinajstić information content (AvgIpc) is 3.17. The van der Waals surface area contributed by atoms with Gasteiger partial charge in [-0.05, 0) is 56.8 Å². The smallest absolute Gasteiger partial charge is 0.0672 e. The minimum Gasteiger partial charge on any atom is -0.296 e. The van der Waals surface area contributed by atoms with Gasteiger partial charge in [-0.15, -0.1) is 0 Å². The van der Waals surface area contributed by atoms with Crippen molar-refractivity contribution >= 4 is 0 Å². The van der Waals surface area contributed by atoms with Crippen molar-refractivity contribution in [2.45, 2.75) is 64.0 Å². The maximum atomic E-state index is 9.37. The summed E-state index contributed by atoms with van der Waals surface area (Å²) < 4.78 is 0. The SMILES string of the molecule is CC1CCC(C#N)C(N(CC2CC2)C2CC2)C1. The van der Waals surface area contributed by atoms with Gasteiger partial charge in [0.15, 0.2) is 0 Å². The van der Waals surface area contributed by atoms with E-state index in [9.17, 15) is 5.26 Å². The topological polar surface area (TPSA) is 27.0 Å². The highest BCUT2D eigenvalue weighted by molar-refractivity contribution is 5.01. The minimum atomic E-state index is 0.311. The Morgan fingerprint density at radius 2 is 1.88 bits per heavy atom. The van der Waals surface area contributed by atoms with Crippen LogP contribution in [0.2, 0.25) is 0 Å². The summed E-state index contributed by atoms with van der Waals surface area (Å²) in [6.45, 7) is 3.66. The lowest BCUT2D eigenvalue weighted by molar-refractivity contribution is 0.0932. The lowest BCUT2D eigenvalue weighted by Crippen LogP contribution is -2.46. The maximum absolute atomic E-state index is 9.37. The van der Waals surface area contributed by atoms with Gasteiger partial charge in [-0.3, -0.25) is 4.90 Å². The number of nitriles is 1. The molecule has 3 fully saturated rings. The second kappa shape index (κ2) is 4.61. The fraction of sp³-hybridized carbons (Fsp3) is 0.933. The van der Waals surface area contributed by atoms with Crippen LogP contribution in [0.1, 0.15) is 51.9 Å². The van der Waals surface area contributed by atoms with Gasteiger partial charge in [0, 0.05) is 18.6 Å². The van der Waals surface area contributed by atoms with E-state index < -0.39 is 0 Å². The van der Waals surface area contributed by atoms with Crippen molar-refractivity contribution in [2.24, 2.45) is 17.8 Å². The zero-order valence-electron chi connectivity index (χ0n) is 10.9. The summed E-state index contributed by atoms with van der Waals surface area (Å²) in [5, 5.41) is 9.37. The molecule has 0 radical (unpaired) electrons. The standard InChI is InChI=1S/C15H24N2/c1-11-2-5-13(9-16)15(8-11)17(14-6-7-14)10-12-3-4-12/h11-15H,2-8,10H2,1H3. The van der Waals surface area contributed by atoms with Gasteiger partial charge in [0.25, 0.3) is 0 Å².